The van der Waals surface area contributed by atoms with Gasteiger partial charge in [-0.2, -0.15) is 0 Å². The highest BCUT2D eigenvalue weighted by atomic mass is 16.4. The molecule has 1 saturated carbocycles. The van der Waals surface area contributed by atoms with Gasteiger partial charge in [0.15, 0.2) is 0 Å². The summed E-state index contributed by atoms with van der Waals surface area (Å²) in [5, 5.41) is 11.2. The minimum absolute atomic E-state index is 0.561. The maximum absolute atomic E-state index is 10.6. The smallest absolute Gasteiger partial charge is 0.404 e. The van der Waals surface area contributed by atoms with Crippen LogP contribution >= 0.6 is 0 Å². The summed E-state index contributed by atoms with van der Waals surface area (Å²) in [5.74, 6) is 1.72. The van der Waals surface area contributed by atoms with Crippen LogP contribution in [0.2, 0.25) is 0 Å². The molecule has 0 bridgehead atoms. The van der Waals surface area contributed by atoms with E-state index < -0.39 is 6.09 Å². The molecule has 1 heterocycles. The molecule has 1 aromatic rings. The van der Waals surface area contributed by atoms with Crippen molar-refractivity contribution in [1.82, 2.24) is 10.2 Å². The van der Waals surface area contributed by atoms with Crippen LogP contribution in [0.1, 0.15) is 86.8 Å². The van der Waals surface area contributed by atoms with Gasteiger partial charge in [-0.05, 0) is 80.6 Å². The number of hydrogen-bond acceptors (Lipinski definition) is 2. The number of carbonyl (C=O) groups is 1. The van der Waals surface area contributed by atoms with Crippen LogP contribution in [0.4, 0.5) is 4.79 Å². The number of likely N-dealkylation sites (tertiary alicyclic amines) is 1. The van der Waals surface area contributed by atoms with Crippen LogP contribution in [-0.4, -0.2) is 41.8 Å². The van der Waals surface area contributed by atoms with Gasteiger partial charge in [0, 0.05) is 18.5 Å². The summed E-state index contributed by atoms with van der Waals surface area (Å²) >= 11 is 0. The molecule has 1 aliphatic heterocycles. The number of nitrogens with one attached hydrogen (secondary N) is 1. The van der Waals surface area contributed by atoms with Gasteiger partial charge in [0.1, 0.15) is 0 Å². The average molecular weight is 399 g/mol. The highest BCUT2D eigenvalue weighted by Gasteiger charge is 2.38. The fourth-order valence-corrected chi connectivity index (χ4v) is 6.23. The number of unbranched alkanes of at least 4 members (excludes halogenated alkanes) is 1. The highest BCUT2D eigenvalue weighted by molar-refractivity contribution is 5.64. The predicted molar refractivity (Wildman–Crippen MR) is 118 cm³/mol. The largest absolute Gasteiger partial charge is 0.465 e. The van der Waals surface area contributed by atoms with E-state index in [1.54, 1.807) is 11.1 Å². The number of amides is 1. The van der Waals surface area contributed by atoms with Gasteiger partial charge in [-0.15, -0.1) is 0 Å². The molecule has 2 aliphatic carbocycles. The Hall–Kier alpha value is -1.55. The Morgan fingerprint density at radius 2 is 1.97 bits per heavy atom. The fraction of sp³-hybridized carbons (Fsp3) is 0.720. The molecule has 4 rings (SSSR count). The number of hydrogen-bond donors (Lipinski definition) is 2. The molecule has 1 amide bonds. The van der Waals surface area contributed by atoms with Crippen molar-refractivity contribution < 1.29 is 9.90 Å². The quantitative estimate of drug-likeness (QED) is 0.580. The van der Waals surface area contributed by atoms with Crippen LogP contribution in [0.3, 0.4) is 0 Å². The Balaban J connectivity index is 1.32. The average Bonchev–Trinajstić information content (AvgIpc) is 3.16. The molecule has 0 spiro atoms. The molecule has 29 heavy (non-hydrogen) atoms. The van der Waals surface area contributed by atoms with Gasteiger partial charge in [-0.3, -0.25) is 4.90 Å². The third-order valence-corrected chi connectivity index (χ3v) is 7.76. The van der Waals surface area contributed by atoms with Crippen LogP contribution in [0.5, 0.6) is 0 Å². The van der Waals surface area contributed by atoms with Crippen molar-refractivity contribution in [3.05, 3.63) is 34.9 Å². The number of benzene rings is 1. The first kappa shape index (κ1) is 20.7. The first-order valence-electron chi connectivity index (χ1n) is 12.0. The number of aryl methyl sites for hydroxylation is 1. The third kappa shape index (κ3) is 5.14. The van der Waals surface area contributed by atoms with Crippen LogP contribution in [-0.2, 0) is 12.8 Å². The highest BCUT2D eigenvalue weighted by Crippen LogP contribution is 2.43. The standard InChI is InChI=1S/C25H38N2O2/c28-25(29)26-16-5-4-9-20-10-6-11-22-21(20)12-13-24-23(22)15-18-27(24)17-14-19-7-2-1-3-8-19/h6,10-11,19,23-24,26H,1-5,7-9,12-18H2,(H,28,29)/t23-,24+/m0/s1. The lowest BCUT2D eigenvalue weighted by Crippen LogP contribution is -2.36. The minimum atomic E-state index is -0.914. The van der Waals surface area contributed by atoms with Gasteiger partial charge in [0.2, 0.25) is 0 Å². The summed E-state index contributed by atoms with van der Waals surface area (Å²) in [6, 6.07) is 7.73. The Morgan fingerprint density at radius 1 is 1.10 bits per heavy atom. The molecule has 4 heteroatoms. The molecule has 0 radical (unpaired) electrons. The second-order valence-electron chi connectivity index (χ2n) is 9.50. The first-order chi connectivity index (χ1) is 14.2. The molecule has 3 aliphatic rings. The van der Waals surface area contributed by atoms with Crippen LogP contribution in [0.15, 0.2) is 18.2 Å². The van der Waals surface area contributed by atoms with E-state index in [0.29, 0.717) is 6.54 Å². The SMILES string of the molecule is O=C(O)NCCCCc1cccc2c1CC[C@@H]1[C@H]2CCN1CCC1CCCCC1. The van der Waals surface area contributed by atoms with Gasteiger partial charge in [0.25, 0.3) is 0 Å². The topological polar surface area (TPSA) is 52.6 Å². The van der Waals surface area contributed by atoms with Crippen molar-refractivity contribution in [2.75, 3.05) is 19.6 Å². The van der Waals surface area contributed by atoms with Gasteiger partial charge in [-0.25, -0.2) is 4.79 Å². The second kappa shape index (κ2) is 9.97. The Morgan fingerprint density at radius 3 is 2.79 bits per heavy atom. The molecule has 1 saturated heterocycles. The molecule has 2 N–H and O–H groups in total. The van der Waals surface area contributed by atoms with Crippen molar-refractivity contribution in [3.63, 3.8) is 0 Å². The Labute approximate surface area is 176 Å². The molecule has 2 fully saturated rings. The molecule has 160 valence electrons. The second-order valence-corrected chi connectivity index (χ2v) is 9.50. The van der Waals surface area contributed by atoms with E-state index in [1.807, 2.05) is 0 Å². The zero-order valence-corrected chi connectivity index (χ0v) is 17.9. The molecule has 0 aromatic heterocycles. The molecular formula is C25H38N2O2. The van der Waals surface area contributed by atoms with Gasteiger partial charge < -0.3 is 10.4 Å². The van der Waals surface area contributed by atoms with Crippen molar-refractivity contribution in [3.8, 4) is 0 Å². The van der Waals surface area contributed by atoms with Crippen molar-refractivity contribution in [1.29, 1.82) is 0 Å². The van der Waals surface area contributed by atoms with Gasteiger partial charge in [-0.1, -0.05) is 50.3 Å². The summed E-state index contributed by atoms with van der Waals surface area (Å²) in [6.07, 6.45) is 14.7. The summed E-state index contributed by atoms with van der Waals surface area (Å²) in [5.41, 5.74) is 4.76. The first-order valence-corrected chi connectivity index (χ1v) is 12.0. The molecule has 1 aromatic carbocycles. The maximum Gasteiger partial charge on any atom is 0.404 e. The zero-order chi connectivity index (χ0) is 20.1. The fourth-order valence-electron chi connectivity index (χ4n) is 6.23. The van der Waals surface area contributed by atoms with E-state index in [1.165, 1.54) is 76.4 Å². The van der Waals surface area contributed by atoms with Gasteiger partial charge in [0.05, 0.1) is 0 Å². The maximum atomic E-state index is 10.6. The van der Waals surface area contributed by atoms with Crippen LogP contribution in [0, 0.1) is 5.92 Å². The lowest BCUT2D eigenvalue weighted by molar-refractivity contribution is 0.194. The summed E-state index contributed by atoms with van der Waals surface area (Å²) in [6.45, 7) is 3.16. The lowest BCUT2D eigenvalue weighted by atomic mass is 9.77. The van der Waals surface area contributed by atoms with E-state index in [-0.39, 0.29) is 0 Å². The number of rotatable bonds is 8. The van der Waals surface area contributed by atoms with Crippen LogP contribution in [0.25, 0.3) is 0 Å². The molecular weight excluding hydrogens is 360 g/mol. The molecule has 4 nitrogen and oxygen atoms in total. The summed E-state index contributed by atoms with van der Waals surface area (Å²) in [7, 11) is 0. The van der Waals surface area contributed by atoms with E-state index in [0.717, 1.165) is 37.1 Å². The van der Waals surface area contributed by atoms with E-state index in [2.05, 4.69) is 28.4 Å². The normalized spacial score (nSPS) is 24.8. The summed E-state index contributed by atoms with van der Waals surface area (Å²) in [4.78, 5) is 13.4. The van der Waals surface area contributed by atoms with E-state index in [4.69, 9.17) is 5.11 Å². The number of fused-ring (bicyclic) bond motifs is 3. The number of carboxylic acid groups (broad SMARTS) is 1. The van der Waals surface area contributed by atoms with Crippen LogP contribution < -0.4 is 5.32 Å². The van der Waals surface area contributed by atoms with E-state index in [9.17, 15) is 4.79 Å². The van der Waals surface area contributed by atoms with Gasteiger partial charge >= 0.3 is 6.09 Å². The number of nitrogens with zero attached hydrogens (tertiary/aromatic N) is 1. The minimum Gasteiger partial charge on any atom is -0.465 e. The lowest BCUT2D eigenvalue weighted by Gasteiger charge is -2.35. The molecule has 2 atom stereocenters. The van der Waals surface area contributed by atoms with E-state index >= 15 is 0 Å². The summed E-state index contributed by atoms with van der Waals surface area (Å²) < 4.78 is 0. The monoisotopic (exact) mass is 398 g/mol. The van der Waals surface area contributed by atoms with Crippen molar-refractivity contribution in [2.24, 2.45) is 5.92 Å². The third-order valence-electron chi connectivity index (χ3n) is 7.76. The zero-order valence-electron chi connectivity index (χ0n) is 17.9. The predicted octanol–water partition coefficient (Wildman–Crippen LogP) is 5.35. The van der Waals surface area contributed by atoms with Crippen molar-refractivity contribution >= 4 is 6.09 Å². The van der Waals surface area contributed by atoms with Crippen molar-refractivity contribution in [2.45, 2.75) is 89.0 Å². The Bertz CT molecular complexity index is 683. The molecule has 0 unspecified atom stereocenters. The Kier molecular flexibility index (Phi) is 7.12.